The molecule has 1 aliphatic heterocycles. The van der Waals surface area contributed by atoms with Crippen LogP contribution in [0.2, 0.25) is 0 Å². The molecule has 0 N–H and O–H groups in total. The van der Waals surface area contributed by atoms with E-state index in [1.54, 1.807) is 6.07 Å². The van der Waals surface area contributed by atoms with E-state index >= 15 is 4.39 Å². The Bertz CT molecular complexity index is 1220. The first-order valence-electron chi connectivity index (χ1n) is 11.0. The van der Waals surface area contributed by atoms with Gasteiger partial charge < -0.3 is 14.2 Å². The summed E-state index contributed by atoms with van der Waals surface area (Å²) >= 11 is 0. The van der Waals surface area contributed by atoms with E-state index in [9.17, 15) is 18.0 Å². The first-order chi connectivity index (χ1) is 15.7. The summed E-state index contributed by atoms with van der Waals surface area (Å²) in [6.07, 6.45) is 5.03. The number of carbonyl (C=O) groups excluding carboxylic acids is 1. The van der Waals surface area contributed by atoms with E-state index in [1.807, 2.05) is 9.47 Å². The van der Waals surface area contributed by atoms with E-state index in [4.69, 9.17) is 8.92 Å². The number of aromatic nitrogens is 1. The molecule has 0 atom stereocenters. The first kappa shape index (κ1) is 23.7. The molecule has 0 spiro atoms. The zero-order valence-corrected chi connectivity index (χ0v) is 19.6. The van der Waals surface area contributed by atoms with Gasteiger partial charge in [0.05, 0.1) is 31.2 Å². The van der Waals surface area contributed by atoms with Crippen molar-refractivity contribution in [3.63, 3.8) is 0 Å². The lowest BCUT2D eigenvalue weighted by Gasteiger charge is -2.36. The number of carbonyl (C=O) groups is 1. The minimum absolute atomic E-state index is 0.0856. The van der Waals surface area contributed by atoms with Crippen molar-refractivity contribution in [3.05, 3.63) is 39.9 Å². The van der Waals surface area contributed by atoms with Crippen molar-refractivity contribution >= 4 is 32.7 Å². The van der Waals surface area contributed by atoms with Crippen molar-refractivity contribution in [2.24, 2.45) is 0 Å². The number of hydrogen-bond acceptors (Lipinski definition) is 8. The van der Waals surface area contributed by atoms with Crippen LogP contribution >= 0.6 is 0 Å². The Hall–Kier alpha value is -2.50. The highest BCUT2D eigenvalue weighted by Gasteiger charge is 2.28. The van der Waals surface area contributed by atoms with Crippen molar-refractivity contribution in [2.45, 2.75) is 25.3 Å². The standard InChI is InChI=1S/C22H28FN3O6S/c1-31-22(28)17-14-26(15-4-5-15)19-13-20(18(23)12-16(19)21(17)27)25-9-7-24(8-10-25)6-3-11-32-33(2,29)30/h12-15H,3-11H2,1-2H3. The van der Waals surface area contributed by atoms with Crippen LogP contribution in [0.15, 0.2) is 23.1 Å². The predicted molar refractivity (Wildman–Crippen MR) is 122 cm³/mol. The van der Waals surface area contributed by atoms with E-state index in [2.05, 4.69) is 4.90 Å². The molecule has 2 fully saturated rings. The summed E-state index contributed by atoms with van der Waals surface area (Å²) in [7, 11) is -2.21. The number of ether oxygens (including phenoxy) is 1. The van der Waals surface area contributed by atoms with Crippen molar-refractivity contribution in [2.75, 3.05) is 57.6 Å². The maximum Gasteiger partial charge on any atom is 0.343 e. The Balaban J connectivity index is 1.52. The van der Waals surface area contributed by atoms with Gasteiger partial charge in [0.25, 0.3) is 10.1 Å². The first-order valence-corrected chi connectivity index (χ1v) is 12.8. The molecule has 1 aliphatic carbocycles. The molecule has 1 saturated heterocycles. The largest absolute Gasteiger partial charge is 0.465 e. The van der Waals surface area contributed by atoms with Crippen LogP contribution in [0.1, 0.15) is 35.7 Å². The van der Waals surface area contributed by atoms with E-state index in [1.165, 1.54) is 19.4 Å². The third-order valence-corrected chi connectivity index (χ3v) is 6.67. The zero-order chi connectivity index (χ0) is 23.8. The number of esters is 1. The molecule has 2 heterocycles. The normalized spacial score (nSPS) is 17.5. The molecule has 0 radical (unpaired) electrons. The summed E-state index contributed by atoms with van der Waals surface area (Å²) in [4.78, 5) is 29.0. The van der Waals surface area contributed by atoms with Gasteiger partial charge in [0, 0.05) is 50.3 Å². The lowest BCUT2D eigenvalue weighted by molar-refractivity contribution is 0.0598. The van der Waals surface area contributed by atoms with Gasteiger partial charge in [-0.2, -0.15) is 8.42 Å². The zero-order valence-electron chi connectivity index (χ0n) is 18.8. The minimum Gasteiger partial charge on any atom is -0.465 e. The molecule has 1 aromatic heterocycles. The number of pyridine rings is 1. The number of methoxy groups -OCH3 is 1. The molecule has 0 amide bonds. The Kier molecular flexibility index (Phi) is 6.73. The van der Waals surface area contributed by atoms with Crippen LogP contribution in [-0.4, -0.2) is 76.6 Å². The van der Waals surface area contributed by atoms with Crippen LogP contribution in [0.3, 0.4) is 0 Å². The van der Waals surface area contributed by atoms with Crippen molar-refractivity contribution < 1.29 is 26.5 Å². The fourth-order valence-corrected chi connectivity index (χ4v) is 4.64. The number of rotatable bonds is 8. The van der Waals surface area contributed by atoms with Gasteiger partial charge in [0.15, 0.2) is 0 Å². The summed E-state index contributed by atoms with van der Waals surface area (Å²) in [5.41, 5.74) is 0.437. The molecule has 0 unspecified atom stereocenters. The summed E-state index contributed by atoms with van der Waals surface area (Å²) in [5, 5.41) is 0.176. The van der Waals surface area contributed by atoms with Gasteiger partial charge in [-0.15, -0.1) is 0 Å². The third kappa shape index (κ3) is 5.36. The second-order valence-corrected chi connectivity index (χ2v) is 10.2. The molecule has 180 valence electrons. The molecule has 1 aromatic carbocycles. The van der Waals surface area contributed by atoms with Crippen LogP contribution in [0.25, 0.3) is 10.9 Å². The number of hydrogen-bond donors (Lipinski definition) is 0. The average Bonchev–Trinajstić information content (AvgIpc) is 3.62. The highest BCUT2D eigenvalue weighted by atomic mass is 32.2. The van der Waals surface area contributed by atoms with Crippen molar-refractivity contribution in [1.29, 1.82) is 0 Å². The van der Waals surface area contributed by atoms with Gasteiger partial charge in [-0.3, -0.25) is 13.9 Å². The van der Waals surface area contributed by atoms with Gasteiger partial charge in [0.2, 0.25) is 5.43 Å². The fourth-order valence-electron chi connectivity index (χ4n) is 4.22. The van der Waals surface area contributed by atoms with Crippen molar-refractivity contribution in [3.8, 4) is 0 Å². The number of benzene rings is 1. The molecule has 9 nitrogen and oxygen atoms in total. The second-order valence-electron chi connectivity index (χ2n) is 8.53. The summed E-state index contributed by atoms with van der Waals surface area (Å²) in [6, 6.07) is 3.12. The van der Waals surface area contributed by atoms with E-state index in [0.717, 1.165) is 19.1 Å². The number of fused-ring (bicyclic) bond motifs is 1. The smallest absolute Gasteiger partial charge is 0.343 e. The molecule has 1 saturated carbocycles. The lowest BCUT2D eigenvalue weighted by Crippen LogP contribution is -2.47. The van der Waals surface area contributed by atoms with E-state index < -0.39 is 27.3 Å². The van der Waals surface area contributed by atoms with Gasteiger partial charge in [-0.1, -0.05) is 0 Å². The van der Waals surface area contributed by atoms with Gasteiger partial charge >= 0.3 is 5.97 Å². The molecule has 4 rings (SSSR count). The second kappa shape index (κ2) is 9.40. The molecule has 2 aromatic rings. The fraction of sp³-hybridized carbons (Fsp3) is 0.545. The number of halogens is 1. The molecule has 0 bridgehead atoms. The van der Waals surface area contributed by atoms with Crippen LogP contribution in [-0.2, 0) is 19.0 Å². The molecule has 33 heavy (non-hydrogen) atoms. The maximum absolute atomic E-state index is 15.1. The predicted octanol–water partition coefficient (Wildman–Crippen LogP) is 1.75. The number of anilines is 1. The SMILES string of the molecule is COC(=O)c1cn(C2CC2)c2cc(N3CCN(CCCOS(C)(=O)=O)CC3)c(F)cc2c1=O. The summed E-state index contributed by atoms with van der Waals surface area (Å²) < 4.78 is 48.6. The molecular weight excluding hydrogens is 453 g/mol. The van der Waals surface area contributed by atoms with Crippen LogP contribution < -0.4 is 10.3 Å². The topological polar surface area (TPSA) is 98.1 Å². The average molecular weight is 482 g/mol. The Labute approximate surface area is 191 Å². The Morgan fingerprint density at radius 3 is 2.48 bits per heavy atom. The number of piperazine rings is 1. The summed E-state index contributed by atoms with van der Waals surface area (Å²) in [6.45, 7) is 3.44. The number of nitrogens with zero attached hydrogens (tertiary/aromatic N) is 3. The molecule has 2 aliphatic rings. The lowest BCUT2D eigenvalue weighted by atomic mass is 10.1. The van der Waals surface area contributed by atoms with Gasteiger partial charge in [-0.25, -0.2) is 9.18 Å². The summed E-state index contributed by atoms with van der Waals surface area (Å²) in [5.74, 6) is -1.22. The van der Waals surface area contributed by atoms with Gasteiger partial charge in [0.1, 0.15) is 11.4 Å². The highest BCUT2D eigenvalue weighted by Crippen LogP contribution is 2.38. The Morgan fingerprint density at radius 1 is 1.18 bits per heavy atom. The van der Waals surface area contributed by atoms with Crippen LogP contribution in [0.4, 0.5) is 10.1 Å². The maximum atomic E-state index is 15.1. The van der Waals surface area contributed by atoms with Gasteiger partial charge in [-0.05, 0) is 31.4 Å². The highest BCUT2D eigenvalue weighted by molar-refractivity contribution is 7.85. The quantitative estimate of drug-likeness (QED) is 0.320. The Morgan fingerprint density at radius 2 is 1.88 bits per heavy atom. The van der Waals surface area contributed by atoms with E-state index in [-0.39, 0.29) is 23.6 Å². The third-order valence-electron chi connectivity index (χ3n) is 6.08. The molecule has 11 heteroatoms. The van der Waals surface area contributed by atoms with Crippen LogP contribution in [0, 0.1) is 5.82 Å². The van der Waals surface area contributed by atoms with E-state index in [0.29, 0.717) is 50.3 Å². The van der Waals surface area contributed by atoms with Crippen LogP contribution in [0.5, 0.6) is 0 Å². The minimum atomic E-state index is -3.43. The van der Waals surface area contributed by atoms with Crippen molar-refractivity contribution in [1.82, 2.24) is 9.47 Å². The monoisotopic (exact) mass is 481 g/mol. The molecular formula is C22H28FN3O6S.